The Morgan fingerprint density at radius 3 is 2.81 bits per heavy atom. The molecule has 0 saturated carbocycles. The van der Waals surface area contributed by atoms with Crippen LogP contribution in [0.5, 0.6) is 0 Å². The summed E-state index contributed by atoms with van der Waals surface area (Å²) in [6.07, 6.45) is 1.00. The van der Waals surface area contributed by atoms with Crippen LogP contribution >= 0.6 is 11.3 Å². The van der Waals surface area contributed by atoms with Crippen LogP contribution in [-0.4, -0.2) is 46.9 Å². The van der Waals surface area contributed by atoms with Crippen LogP contribution in [-0.2, 0) is 6.54 Å². The van der Waals surface area contributed by atoms with E-state index in [1.54, 1.807) is 11.3 Å². The molecule has 3 aromatic rings. The standard InChI is InChI=1S/C21H23N3OS/c1-16-6-4-7-17(14-16)21(25)24-11-5-10-23(12-13-24)15-20-22-18-8-2-3-9-19(18)26-20/h2-4,6-9,14H,5,10-13,15H2,1H3. The first-order valence-corrected chi connectivity index (χ1v) is 9.93. The molecule has 2 heterocycles. The number of amides is 1. The topological polar surface area (TPSA) is 36.4 Å². The summed E-state index contributed by atoms with van der Waals surface area (Å²) >= 11 is 1.77. The van der Waals surface area contributed by atoms with Crippen LogP contribution in [0.2, 0.25) is 0 Å². The van der Waals surface area contributed by atoms with E-state index >= 15 is 0 Å². The molecular formula is C21H23N3OS. The van der Waals surface area contributed by atoms with Crippen molar-refractivity contribution in [3.8, 4) is 0 Å². The molecule has 1 aliphatic heterocycles. The van der Waals surface area contributed by atoms with Crippen molar-refractivity contribution in [1.29, 1.82) is 0 Å². The highest BCUT2D eigenvalue weighted by atomic mass is 32.1. The number of hydrogen-bond acceptors (Lipinski definition) is 4. The molecule has 134 valence electrons. The monoisotopic (exact) mass is 365 g/mol. The molecule has 0 unspecified atom stereocenters. The van der Waals surface area contributed by atoms with E-state index < -0.39 is 0 Å². The Hall–Kier alpha value is -2.24. The van der Waals surface area contributed by atoms with Crippen molar-refractivity contribution in [2.45, 2.75) is 19.9 Å². The van der Waals surface area contributed by atoms with E-state index in [-0.39, 0.29) is 5.91 Å². The number of carbonyl (C=O) groups is 1. The molecule has 1 fully saturated rings. The van der Waals surface area contributed by atoms with Gasteiger partial charge in [-0.1, -0.05) is 29.8 Å². The smallest absolute Gasteiger partial charge is 0.253 e. The molecule has 0 spiro atoms. The van der Waals surface area contributed by atoms with E-state index in [9.17, 15) is 4.79 Å². The summed E-state index contributed by atoms with van der Waals surface area (Å²) in [5.74, 6) is 0.149. The molecule has 0 atom stereocenters. The van der Waals surface area contributed by atoms with Gasteiger partial charge in [-0.05, 0) is 37.6 Å². The third-order valence-electron chi connectivity index (χ3n) is 4.84. The number of nitrogens with zero attached hydrogens (tertiary/aromatic N) is 3. The van der Waals surface area contributed by atoms with E-state index in [1.165, 1.54) is 4.70 Å². The fourth-order valence-electron chi connectivity index (χ4n) is 3.47. The molecule has 4 nitrogen and oxygen atoms in total. The molecule has 4 rings (SSSR count). The van der Waals surface area contributed by atoms with E-state index in [1.807, 2.05) is 42.2 Å². The first-order valence-electron chi connectivity index (χ1n) is 9.12. The van der Waals surface area contributed by atoms with Gasteiger partial charge >= 0.3 is 0 Å². The second-order valence-corrected chi connectivity index (χ2v) is 7.98. The third kappa shape index (κ3) is 3.79. The second kappa shape index (κ2) is 7.56. The van der Waals surface area contributed by atoms with Crippen molar-refractivity contribution in [3.63, 3.8) is 0 Å². The summed E-state index contributed by atoms with van der Waals surface area (Å²) in [5.41, 5.74) is 3.01. The Balaban J connectivity index is 1.40. The Kier molecular flexibility index (Phi) is 5.00. The number of rotatable bonds is 3. The molecule has 0 radical (unpaired) electrons. The van der Waals surface area contributed by atoms with E-state index in [2.05, 4.69) is 23.1 Å². The van der Waals surface area contributed by atoms with Crippen molar-refractivity contribution < 1.29 is 4.79 Å². The first kappa shape index (κ1) is 17.2. The van der Waals surface area contributed by atoms with E-state index in [0.717, 1.165) is 60.8 Å². The fourth-order valence-corrected chi connectivity index (χ4v) is 4.48. The average Bonchev–Trinajstić information content (AvgIpc) is 2.91. The van der Waals surface area contributed by atoms with Gasteiger partial charge in [-0.15, -0.1) is 11.3 Å². The maximum atomic E-state index is 12.8. The number of thiazole rings is 1. The first-order chi connectivity index (χ1) is 12.7. The zero-order valence-corrected chi connectivity index (χ0v) is 15.8. The number of para-hydroxylation sites is 1. The van der Waals surface area contributed by atoms with Crippen LogP contribution < -0.4 is 0 Å². The highest BCUT2D eigenvalue weighted by Gasteiger charge is 2.21. The van der Waals surface area contributed by atoms with Crippen LogP contribution in [0.25, 0.3) is 10.2 Å². The molecule has 1 aromatic heterocycles. The average molecular weight is 366 g/mol. The normalized spacial score (nSPS) is 16.0. The van der Waals surface area contributed by atoms with Crippen LogP contribution in [0.15, 0.2) is 48.5 Å². The number of aryl methyl sites for hydroxylation is 1. The maximum absolute atomic E-state index is 12.8. The quantitative estimate of drug-likeness (QED) is 0.705. The predicted molar refractivity (Wildman–Crippen MR) is 107 cm³/mol. The molecule has 2 aromatic carbocycles. The van der Waals surface area contributed by atoms with Gasteiger partial charge in [0.1, 0.15) is 5.01 Å². The summed E-state index contributed by atoms with van der Waals surface area (Å²) in [7, 11) is 0. The Morgan fingerprint density at radius 1 is 1.08 bits per heavy atom. The molecule has 0 aliphatic carbocycles. The Morgan fingerprint density at radius 2 is 1.96 bits per heavy atom. The lowest BCUT2D eigenvalue weighted by molar-refractivity contribution is 0.0761. The summed E-state index contributed by atoms with van der Waals surface area (Å²) in [6, 6.07) is 16.2. The molecule has 1 aliphatic rings. The minimum Gasteiger partial charge on any atom is -0.337 e. The Bertz CT molecular complexity index is 887. The third-order valence-corrected chi connectivity index (χ3v) is 5.86. The number of hydrogen-bond donors (Lipinski definition) is 0. The van der Waals surface area contributed by atoms with Gasteiger partial charge in [-0.25, -0.2) is 4.98 Å². The summed E-state index contributed by atoms with van der Waals surface area (Å²) in [5, 5.41) is 1.16. The molecule has 1 amide bonds. The van der Waals surface area contributed by atoms with Crippen molar-refractivity contribution >= 4 is 27.5 Å². The van der Waals surface area contributed by atoms with Crippen LogP contribution in [0.4, 0.5) is 0 Å². The lowest BCUT2D eigenvalue weighted by Gasteiger charge is -2.21. The van der Waals surface area contributed by atoms with Gasteiger partial charge in [-0.2, -0.15) is 0 Å². The largest absolute Gasteiger partial charge is 0.337 e. The minimum absolute atomic E-state index is 0.149. The summed E-state index contributed by atoms with van der Waals surface area (Å²) in [6.45, 7) is 6.40. The molecule has 26 heavy (non-hydrogen) atoms. The SMILES string of the molecule is Cc1cccc(C(=O)N2CCCN(Cc3nc4ccccc4s3)CC2)c1. The van der Waals surface area contributed by atoms with Crippen molar-refractivity contribution in [1.82, 2.24) is 14.8 Å². The van der Waals surface area contributed by atoms with E-state index in [0.29, 0.717) is 0 Å². The van der Waals surface area contributed by atoms with E-state index in [4.69, 9.17) is 4.98 Å². The van der Waals surface area contributed by atoms with Gasteiger partial charge in [0.15, 0.2) is 0 Å². The summed E-state index contributed by atoms with van der Waals surface area (Å²) in [4.78, 5) is 21.9. The van der Waals surface area contributed by atoms with Gasteiger partial charge in [0.05, 0.1) is 16.8 Å². The van der Waals surface area contributed by atoms with Gasteiger partial charge in [0.25, 0.3) is 5.91 Å². The maximum Gasteiger partial charge on any atom is 0.253 e. The van der Waals surface area contributed by atoms with Gasteiger partial charge in [0, 0.05) is 31.7 Å². The second-order valence-electron chi connectivity index (χ2n) is 6.87. The predicted octanol–water partition coefficient (Wildman–Crippen LogP) is 3.95. The number of fused-ring (bicyclic) bond motifs is 1. The lowest BCUT2D eigenvalue weighted by atomic mass is 10.1. The van der Waals surface area contributed by atoms with Gasteiger partial charge in [-0.3, -0.25) is 9.69 Å². The van der Waals surface area contributed by atoms with Crippen LogP contribution in [0.1, 0.15) is 27.3 Å². The highest BCUT2D eigenvalue weighted by molar-refractivity contribution is 7.18. The highest BCUT2D eigenvalue weighted by Crippen LogP contribution is 2.23. The van der Waals surface area contributed by atoms with Gasteiger partial charge in [0.2, 0.25) is 0 Å². The molecule has 0 N–H and O–H groups in total. The number of carbonyl (C=O) groups excluding carboxylic acids is 1. The number of aromatic nitrogens is 1. The molecule has 0 bridgehead atoms. The molecule has 5 heteroatoms. The Labute approximate surface area is 158 Å². The summed E-state index contributed by atoms with van der Waals surface area (Å²) < 4.78 is 1.24. The van der Waals surface area contributed by atoms with Crippen LogP contribution in [0, 0.1) is 6.92 Å². The zero-order valence-electron chi connectivity index (χ0n) is 15.0. The number of benzene rings is 2. The fraction of sp³-hybridized carbons (Fsp3) is 0.333. The lowest BCUT2D eigenvalue weighted by Crippen LogP contribution is -2.35. The van der Waals surface area contributed by atoms with Crippen molar-refractivity contribution in [2.24, 2.45) is 0 Å². The minimum atomic E-state index is 0.149. The van der Waals surface area contributed by atoms with Crippen molar-refractivity contribution in [2.75, 3.05) is 26.2 Å². The molecular weight excluding hydrogens is 342 g/mol. The van der Waals surface area contributed by atoms with Gasteiger partial charge < -0.3 is 4.90 Å². The zero-order chi connectivity index (χ0) is 17.9. The molecule has 1 saturated heterocycles. The van der Waals surface area contributed by atoms with Crippen molar-refractivity contribution in [3.05, 3.63) is 64.7 Å². The van der Waals surface area contributed by atoms with Crippen LogP contribution in [0.3, 0.4) is 0 Å².